The van der Waals surface area contributed by atoms with Crippen LogP contribution in [0.1, 0.15) is 20.3 Å². The lowest BCUT2D eigenvalue weighted by molar-refractivity contribution is -0.384. The van der Waals surface area contributed by atoms with E-state index in [4.69, 9.17) is 5.11 Å². The van der Waals surface area contributed by atoms with Gasteiger partial charge in [0.15, 0.2) is 0 Å². The average Bonchev–Trinajstić information content (AvgIpc) is 2.27. The first-order valence-electron chi connectivity index (χ1n) is 5.49. The van der Waals surface area contributed by atoms with Crippen LogP contribution in [0.3, 0.4) is 0 Å². The fourth-order valence-electron chi connectivity index (χ4n) is 1.47. The van der Waals surface area contributed by atoms with Crippen molar-refractivity contribution in [3.05, 3.63) is 28.4 Å². The molecule has 0 saturated carbocycles. The Bertz CT molecular complexity index is 448. The summed E-state index contributed by atoms with van der Waals surface area (Å²) in [7, 11) is 0. The van der Waals surface area contributed by atoms with Gasteiger partial charge in [-0.25, -0.2) is 4.98 Å². The minimum Gasteiger partial charge on any atom is -0.481 e. The van der Waals surface area contributed by atoms with Gasteiger partial charge in [-0.15, -0.1) is 0 Å². The maximum atomic E-state index is 10.8. The Morgan fingerprint density at radius 3 is 2.78 bits per heavy atom. The predicted molar refractivity (Wildman–Crippen MR) is 65.4 cm³/mol. The number of carbonyl (C=O) groups is 1. The van der Waals surface area contributed by atoms with Crippen LogP contribution in [0, 0.1) is 16.0 Å². The summed E-state index contributed by atoms with van der Waals surface area (Å²) in [4.78, 5) is 24.9. The highest BCUT2D eigenvalue weighted by Crippen LogP contribution is 2.23. The standard InChI is InChI=1S/C11H15N3O4/c1-7(2)8(6-10(15)16)13-11-9(14(17)18)4-3-5-12-11/h3-5,7-8H,6H2,1-2H3,(H,12,13)(H,15,16). The van der Waals surface area contributed by atoms with Crippen molar-refractivity contribution in [1.29, 1.82) is 0 Å². The average molecular weight is 253 g/mol. The molecule has 18 heavy (non-hydrogen) atoms. The Balaban J connectivity index is 2.93. The number of hydrogen-bond acceptors (Lipinski definition) is 5. The number of nitro groups is 1. The van der Waals surface area contributed by atoms with Gasteiger partial charge >= 0.3 is 11.7 Å². The monoisotopic (exact) mass is 253 g/mol. The molecule has 1 aromatic rings. The van der Waals surface area contributed by atoms with Crippen molar-refractivity contribution in [2.75, 3.05) is 5.32 Å². The number of carboxylic acids is 1. The molecule has 1 atom stereocenters. The number of nitrogens with one attached hydrogen (secondary N) is 1. The summed E-state index contributed by atoms with van der Waals surface area (Å²) in [5.41, 5.74) is -0.159. The molecule has 1 heterocycles. The van der Waals surface area contributed by atoms with E-state index in [1.54, 1.807) is 0 Å². The normalized spacial score (nSPS) is 12.2. The van der Waals surface area contributed by atoms with Crippen LogP contribution in [0.2, 0.25) is 0 Å². The zero-order chi connectivity index (χ0) is 13.7. The molecule has 0 saturated heterocycles. The van der Waals surface area contributed by atoms with Crippen molar-refractivity contribution < 1.29 is 14.8 Å². The SMILES string of the molecule is CC(C)C(CC(=O)O)Nc1ncccc1[N+](=O)[O-]. The smallest absolute Gasteiger partial charge is 0.311 e. The Kier molecular flexibility index (Phi) is 4.59. The van der Waals surface area contributed by atoms with Crippen LogP contribution in [-0.2, 0) is 4.79 Å². The summed E-state index contributed by atoms with van der Waals surface area (Å²) in [6, 6.07) is 2.38. The number of carboxylic acid groups (broad SMARTS) is 1. The number of nitrogens with zero attached hydrogens (tertiary/aromatic N) is 2. The second-order valence-corrected chi connectivity index (χ2v) is 4.22. The molecular weight excluding hydrogens is 238 g/mol. The molecular formula is C11H15N3O4. The van der Waals surface area contributed by atoms with E-state index in [0.717, 1.165) is 0 Å². The molecule has 0 aromatic carbocycles. The Morgan fingerprint density at radius 1 is 1.61 bits per heavy atom. The molecule has 1 aromatic heterocycles. The van der Waals surface area contributed by atoms with Gasteiger partial charge in [-0.05, 0) is 12.0 Å². The summed E-state index contributed by atoms with van der Waals surface area (Å²) in [5.74, 6) is -0.843. The minimum absolute atomic E-state index is 0.0164. The van der Waals surface area contributed by atoms with Gasteiger partial charge in [0.1, 0.15) is 0 Å². The van der Waals surface area contributed by atoms with Gasteiger partial charge < -0.3 is 10.4 Å². The molecule has 1 rings (SSSR count). The number of hydrogen-bond donors (Lipinski definition) is 2. The van der Waals surface area contributed by atoms with Crippen LogP contribution in [-0.4, -0.2) is 27.0 Å². The van der Waals surface area contributed by atoms with E-state index in [-0.39, 0.29) is 23.8 Å². The molecule has 0 aliphatic heterocycles. The van der Waals surface area contributed by atoms with Crippen molar-refractivity contribution >= 4 is 17.5 Å². The third kappa shape index (κ3) is 3.69. The van der Waals surface area contributed by atoms with Crippen molar-refractivity contribution in [2.45, 2.75) is 26.3 Å². The van der Waals surface area contributed by atoms with Crippen LogP contribution in [0.5, 0.6) is 0 Å². The summed E-state index contributed by atoms with van der Waals surface area (Å²) >= 11 is 0. The van der Waals surface area contributed by atoms with E-state index in [1.807, 2.05) is 13.8 Å². The van der Waals surface area contributed by atoms with Gasteiger partial charge in [-0.2, -0.15) is 0 Å². The number of rotatable bonds is 6. The van der Waals surface area contributed by atoms with E-state index in [1.165, 1.54) is 18.3 Å². The highest BCUT2D eigenvalue weighted by Gasteiger charge is 2.22. The van der Waals surface area contributed by atoms with Gasteiger partial charge in [0.2, 0.25) is 5.82 Å². The van der Waals surface area contributed by atoms with Crippen LogP contribution in [0.15, 0.2) is 18.3 Å². The lowest BCUT2D eigenvalue weighted by atomic mass is 10.0. The molecule has 0 bridgehead atoms. The first kappa shape index (κ1) is 13.9. The first-order chi connectivity index (χ1) is 8.41. The molecule has 1 unspecified atom stereocenters. The topological polar surface area (TPSA) is 105 Å². The van der Waals surface area contributed by atoms with Crippen molar-refractivity contribution in [3.8, 4) is 0 Å². The lowest BCUT2D eigenvalue weighted by Crippen LogP contribution is -2.29. The maximum Gasteiger partial charge on any atom is 0.311 e. The van der Waals surface area contributed by atoms with Crippen molar-refractivity contribution in [3.63, 3.8) is 0 Å². The number of pyridine rings is 1. The maximum absolute atomic E-state index is 10.8. The Hall–Kier alpha value is -2.18. The van der Waals surface area contributed by atoms with Gasteiger partial charge in [0.05, 0.1) is 11.3 Å². The molecule has 7 heteroatoms. The molecule has 0 radical (unpaired) electrons. The third-order valence-electron chi connectivity index (χ3n) is 2.50. The van der Waals surface area contributed by atoms with Crippen molar-refractivity contribution in [2.24, 2.45) is 5.92 Å². The predicted octanol–water partition coefficient (Wildman–Crippen LogP) is 1.90. The zero-order valence-electron chi connectivity index (χ0n) is 10.2. The number of aliphatic carboxylic acids is 1. The number of aromatic nitrogens is 1. The Morgan fingerprint density at radius 2 is 2.28 bits per heavy atom. The molecule has 7 nitrogen and oxygen atoms in total. The summed E-state index contributed by atoms with van der Waals surface area (Å²) in [5, 5.41) is 22.4. The highest BCUT2D eigenvalue weighted by molar-refractivity contribution is 5.68. The molecule has 0 aliphatic carbocycles. The molecule has 2 N–H and O–H groups in total. The van der Waals surface area contributed by atoms with Crippen molar-refractivity contribution in [1.82, 2.24) is 4.98 Å². The summed E-state index contributed by atoms with van der Waals surface area (Å²) in [6.07, 6.45) is 1.30. The minimum atomic E-state index is -0.959. The van der Waals surface area contributed by atoms with Gasteiger partial charge in [0, 0.05) is 18.3 Å². The second-order valence-electron chi connectivity index (χ2n) is 4.22. The first-order valence-corrected chi connectivity index (χ1v) is 5.49. The summed E-state index contributed by atoms with van der Waals surface area (Å²) in [6.45, 7) is 3.69. The van der Waals surface area contributed by atoms with E-state index in [2.05, 4.69) is 10.3 Å². The fourth-order valence-corrected chi connectivity index (χ4v) is 1.47. The molecule has 0 fully saturated rings. The zero-order valence-corrected chi connectivity index (χ0v) is 10.2. The van der Waals surface area contributed by atoms with Crippen LogP contribution >= 0.6 is 0 Å². The summed E-state index contributed by atoms with van der Waals surface area (Å²) < 4.78 is 0. The Labute approximate surface area is 104 Å². The van der Waals surface area contributed by atoms with Crippen LogP contribution in [0.25, 0.3) is 0 Å². The fraction of sp³-hybridized carbons (Fsp3) is 0.455. The molecule has 0 amide bonds. The van der Waals surface area contributed by atoms with E-state index in [0.29, 0.717) is 0 Å². The van der Waals surface area contributed by atoms with Crippen LogP contribution in [0.4, 0.5) is 11.5 Å². The highest BCUT2D eigenvalue weighted by atomic mass is 16.6. The number of anilines is 1. The lowest BCUT2D eigenvalue weighted by Gasteiger charge is -2.20. The van der Waals surface area contributed by atoms with E-state index < -0.39 is 16.9 Å². The van der Waals surface area contributed by atoms with Gasteiger partial charge in [0.25, 0.3) is 0 Å². The van der Waals surface area contributed by atoms with Crippen LogP contribution < -0.4 is 5.32 Å². The second kappa shape index (κ2) is 5.95. The largest absolute Gasteiger partial charge is 0.481 e. The molecule has 0 spiro atoms. The van der Waals surface area contributed by atoms with Gasteiger partial charge in [-0.1, -0.05) is 13.8 Å². The molecule has 0 aliphatic rings. The third-order valence-corrected chi connectivity index (χ3v) is 2.50. The van der Waals surface area contributed by atoms with E-state index in [9.17, 15) is 14.9 Å². The quantitative estimate of drug-likeness (QED) is 0.592. The molecule has 98 valence electrons. The van der Waals surface area contributed by atoms with Gasteiger partial charge in [-0.3, -0.25) is 14.9 Å². The van der Waals surface area contributed by atoms with E-state index >= 15 is 0 Å².